The van der Waals surface area contributed by atoms with Gasteiger partial charge in [0.25, 0.3) is 5.91 Å². The molecule has 5 rings (SSSR count). The first kappa shape index (κ1) is 19.6. The molecule has 0 bridgehead atoms. The lowest BCUT2D eigenvalue weighted by Gasteiger charge is -2.45. The number of hydrogen-bond acceptors (Lipinski definition) is 8. The van der Waals surface area contributed by atoms with Crippen molar-refractivity contribution in [1.29, 1.82) is 0 Å². The largest absolute Gasteiger partial charge is 0.511 e. The van der Waals surface area contributed by atoms with Crippen molar-refractivity contribution in [3.63, 3.8) is 0 Å². The topological polar surface area (TPSA) is 170 Å². The lowest BCUT2D eigenvalue weighted by Crippen LogP contribution is -2.57. The summed E-state index contributed by atoms with van der Waals surface area (Å²) >= 11 is 0. The Morgan fingerprint density at radius 3 is 2.65 bits per heavy atom. The lowest BCUT2D eigenvalue weighted by molar-refractivity contribution is -0.144. The summed E-state index contributed by atoms with van der Waals surface area (Å²) < 4.78 is 0. The van der Waals surface area contributed by atoms with Crippen LogP contribution in [0.15, 0.2) is 28.7 Å². The number of anilines is 1. The van der Waals surface area contributed by atoms with Crippen LogP contribution in [0, 0.1) is 11.8 Å². The van der Waals surface area contributed by atoms with Gasteiger partial charge >= 0.3 is 0 Å². The average molecular weight is 426 g/mol. The quantitative estimate of drug-likeness (QED) is 0.360. The second-order valence-electron chi connectivity index (χ2n) is 8.73. The number of fused-ring (bicyclic) bond motifs is 4. The maximum atomic E-state index is 13.4. The van der Waals surface area contributed by atoms with Gasteiger partial charge in [-0.25, -0.2) is 0 Å². The van der Waals surface area contributed by atoms with Crippen LogP contribution < -0.4 is 11.1 Å². The number of allylic oxidation sites excluding steroid dienone is 2. The first-order chi connectivity index (χ1) is 14.7. The summed E-state index contributed by atoms with van der Waals surface area (Å²) in [5.74, 6) is -6.01. The molecule has 3 atom stereocenters. The van der Waals surface area contributed by atoms with Crippen LogP contribution in [0.3, 0.4) is 0 Å². The van der Waals surface area contributed by atoms with E-state index in [4.69, 9.17) is 5.73 Å². The summed E-state index contributed by atoms with van der Waals surface area (Å²) in [4.78, 5) is 38.0. The number of nitrogens with two attached hydrogens (primary N) is 1. The zero-order valence-corrected chi connectivity index (χ0v) is 16.6. The number of primary amides is 1. The molecule has 3 aliphatic carbocycles. The molecule has 1 aromatic carbocycles. The van der Waals surface area contributed by atoms with Gasteiger partial charge < -0.3 is 31.5 Å². The van der Waals surface area contributed by atoms with Gasteiger partial charge in [0.15, 0.2) is 11.4 Å². The second-order valence-corrected chi connectivity index (χ2v) is 8.73. The molecule has 9 nitrogen and oxygen atoms in total. The minimum atomic E-state index is -2.53. The number of aliphatic hydroxyl groups excluding tert-OH is 2. The van der Waals surface area contributed by atoms with Gasteiger partial charge in [0, 0.05) is 35.7 Å². The molecule has 1 heterocycles. The molecule has 1 unspecified atom stereocenters. The molecule has 0 aromatic heterocycles. The van der Waals surface area contributed by atoms with E-state index >= 15 is 0 Å². The predicted molar refractivity (Wildman–Crippen MR) is 108 cm³/mol. The minimum Gasteiger partial charge on any atom is -0.511 e. The van der Waals surface area contributed by atoms with Gasteiger partial charge in [0.1, 0.15) is 22.8 Å². The van der Waals surface area contributed by atoms with Crippen molar-refractivity contribution >= 4 is 23.2 Å². The number of amides is 1. The SMILES string of the molecule is NC(=O)C1=C(O)C[C@@H]2CC3Cc4cc5c(c(O)c4C(=O)C3=C(O)[C@]2(O)C1=O)CCCN5. The van der Waals surface area contributed by atoms with Gasteiger partial charge in [0.2, 0.25) is 5.78 Å². The highest BCUT2D eigenvalue weighted by atomic mass is 16.3. The van der Waals surface area contributed by atoms with Crippen molar-refractivity contribution in [2.24, 2.45) is 17.6 Å². The maximum Gasteiger partial charge on any atom is 0.255 e. The average Bonchev–Trinajstić information content (AvgIpc) is 2.70. The van der Waals surface area contributed by atoms with Crippen molar-refractivity contribution in [3.05, 3.63) is 45.4 Å². The van der Waals surface area contributed by atoms with Crippen LogP contribution >= 0.6 is 0 Å². The van der Waals surface area contributed by atoms with E-state index in [2.05, 4.69) is 5.32 Å². The number of ketones is 2. The van der Waals surface area contributed by atoms with Crippen molar-refractivity contribution in [1.82, 2.24) is 0 Å². The molecule has 162 valence electrons. The smallest absolute Gasteiger partial charge is 0.255 e. The Bertz CT molecular complexity index is 1150. The summed E-state index contributed by atoms with van der Waals surface area (Å²) in [5.41, 5.74) is 3.86. The number of phenols is 1. The Balaban J connectivity index is 1.68. The number of nitrogens with one attached hydrogen (secondary N) is 1. The second kappa shape index (κ2) is 6.34. The van der Waals surface area contributed by atoms with E-state index in [1.807, 2.05) is 6.07 Å². The van der Waals surface area contributed by atoms with Crippen molar-refractivity contribution in [2.75, 3.05) is 11.9 Å². The zero-order chi connectivity index (χ0) is 22.2. The highest BCUT2D eigenvalue weighted by Gasteiger charge is 2.59. The number of hydrogen-bond donors (Lipinski definition) is 6. The van der Waals surface area contributed by atoms with Crippen molar-refractivity contribution < 1.29 is 34.8 Å². The first-order valence-electron chi connectivity index (χ1n) is 10.2. The Labute approximate surface area is 176 Å². The van der Waals surface area contributed by atoms with Gasteiger partial charge in [-0.1, -0.05) is 0 Å². The zero-order valence-electron chi connectivity index (χ0n) is 16.6. The summed E-state index contributed by atoms with van der Waals surface area (Å²) in [7, 11) is 0. The number of aromatic hydroxyl groups is 1. The monoisotopic (exact) mass is 426 g/mol. The molecule has 0 saturated heterocycles. The number of phenolic OH excluding ortho intramolecular Hbond substituents is 1. The molecule has 7 N–H and O–H groups in total. The van der Waals surface area contributed by atoms with Crippen molar-refractivity contribution in [2.45, 2.75) is 37.7 Å². The number of aliphatic hydroxyl groups is 3. The van der Waals surface area contributed by atoms with E-state index in [1.165, 1.54) is 0 Å². The van der Waals surface area contributed by atoms with E-state index in [1.54, 1.807) is 0 Å². The lowest BCUT2D eigenvalue weighted by atomic mass is 9.60. The highest BCUT2D eigenvalue weighted by molar-refractivity contribution is 6.24. The maximum absolute atomic E-state index is 13.4. The number of Topliss-reactive ketones (excluding diaryl/α,β-unsaturated/α-hetero) is 2. The predicted octanol–water partition coefficient (Wildman–Crippen LogP) is 0.939. The fraction of sp³-hybridized carbons (Fsp3) is 0.409. The number of carbonyl (C=O) groups excluding carboxylic acids is 3. The van der Waals surface area contributed by atoms with Gasteiger partial charge in [-0.2, -0.15) is 0 Å². The van der Waals surface area contributed by atoms with E-state index in [-0.39, 0.29) is 29.7 Å². The number of carbonyl (C=O) groups is 3. The summed E-state index contributed by atoms with van der Waals surface area (Å²) in [6.45, 7) is 0.763. The summed E-state index contributed by atoms with van der Waals surface area (Å²) in [6.07, 6.45) is 1.61. The third-order valence-corrected chi connectivity index (χ3v) is 7.08. The molecule has 0 saturated carbocycles. The first-order valence-corrected chi connectivity index (χ1v) is 10.2. The summed E-state index contributed by atoms with van der Waals surface area (Å²) in [5, 5.41) is 46.4. The van der Waals surface area contributed by atoms with Gasteiger partial charge in [-0.05, 0) is 43.2 Å². The van der Waals surface area contributed by atoms with Crippen LogP contribution in [0.25, 0.3) is 0 Å². The van der Waals surface area contributed by atoms with Gasteiger partial charge in [0.05, 0.1) is 5.56 Å². The number of rotatable bonds is 1. The molecular formula is C22H22N2O7. The van der Waals surface area contributed by atoms with Crippen molar-refractivity contribution in [3.8, 4) is 5.75 Å². The third kappa shape index (κ3) is 2.43. The normalized spacial score (nSPS) is 29.6. The van der Waals surface area contributed by atoms with Gasteiger partial charge in [-0.3, -0.25) is 14.4 Å². The van der Waals surface area contributed by atoms with Crippen LogP contribution in [-0.2, 0) is 22.4 Å². The number of benzene rings is 1. The van der Waals surface area contributed by atoms with Crippen LogP contribution in [0.2, 0.25) is 0 Å². The van der Waals surface area contributed by atoms with Crippen LogP contribution in [0.1, 0.15) is 40.7 Å². The fourth-order valence-corrected chi connectivity index (χ4v) is 5.61. The van der Waals surface area contributed by atoms with E-state index in [9.17, 15) is 34.8 Å². The molecular weight excluding hydrogens is 404 g/mol. The third-order valence-electron chi connectivity index (χ3n) is 7.08. The highest BCUT2D eigenvalue weighted by Crippen LogP contribution is 2.52. The molecule has 0 radical (unpaired) electrons. The Morgan fingerprint density at radius 2 is 1.94 bits per heavy atom. The molecule has 0 spiro atoms. The molecule has 0 fully saturated rings. The van der Waals surface area contributed by atoms with Gasteiger partial charge in [-0.15, -0.1) is 0 Å². The van der Waals surface area contributed by atoms with Crippen LogP contribution in [0.5, 0.6) is 5.75 Å². The molecule has 31 heavy (non-hydrogen) atoms. The Hall–Kier alpha value is -3.33. The van der Waals surface area contributed by atoms with Crippen LogP contribution in [0.4, 0.5) is 5.69 Å². The standard InChI is InChI=1S/C22H22N2O7/c23-21(30)16-13(25)7-10-5-8-4-9-6-12-11(2-1-3-24-12)17(26)14(9)18(27)15(8)19(28)22(10,31)20(16)29/h6,8,10,24-26,28,31H,1-5,7H2,(H2,23,30)/t8?,10-,22-/m0/s1. The molecule has 1 amide bonds. The fourth-order valence-electron chi connectivity index (χ4n) is 5.61. The molecule has 1 aliphatic heterocycles. The van der Waals surface area contributed by atoms with E-state index in [0.29, 0.717) is 24.0 Å². The minimum absolute atomic E-state index is 0.0686. The van der Waals surface area contributed by atoms with E-state index < -0.39 is 52.0 Å². The Kier molecular flexibility index (Phi) is 4.01. The molecule has 9 heteroatoms. The molecule has 1 aromatic rings. The Morgan fingerprint density at radius 1 is 1.19 bits per heavy atom. The van der Waals surface area contributed by atoms with Crippen LogP contribution in [-0.4, -0.2) is 50.0 Å². The summed E-state index contributed by atoms with van der Waals surface area (Å²) in [6, 6.07) is 1.84. The van der Waals surface area contributed by atoms with E-state index in [0.717, 1.165) is 18.7 Å². The molecule has 4 aliphatic rings.